The van der Waals surface area contributed by atoms with E-state index in [2.05, 4.69) is 20.7 Å². The van der Waals surface area contributed by atoms with Gasteiger partial charge in [0.1, 0.15) is 0 Å². The topological polar surface area (TPSA) is 29.5 Å². The van der Waals surface area contributed by atoms with Gasteiger partial charge in [0.05, 0.1) is 7.11 Å². The van der Waals surface area contributed by atoms with Crippen LogP contribution < -0.4 is 0 Å². The van der Waals surface area contributed by atoms with Crippen molar-refractivity contribution in [3.05, 3.63) is 34.3 Å². The SMILES string of the molecule is COC(=O)N(C)CCc1cccc(Br)c1. The van der Waals surface area contributed by atoms with Crippen molar-refractivity contribution in [3.8, 4) is 0 Å². The number of hydrogen-bond donors (Lipinski definition) is 0. The number of ether oxygens (including phenoxy) is 1. The standard InChI is InChI=1S/C11H14BrNO2/c1-13(11(14)15-2)7-6-9-4-3-5-10(12)8-9/h3-5,8H,6-7H2,1-2H3. The number of benzene rings is 1. The predicted molar refractivity (Wildman–Crippen MR) is 62.9 cm³/mol. The minimum atomic E-state index is -0.301. The molecule has 15 heavy (non-hydrogen) atoms. The third-order valence-electron chi connectivity index (χ3n) is 2.11. The van der Waals surface area contributed by atoms with Gasteiger partial charge in [0.15, 0.2) is 0 Å². The van der Waals surface area contributed by atoms with Gasteiger partial charge in [0.2, 0.25) is 0 Å². The van der Waals surface area contributed by atoms with Crippen molar-refractivity contribution in [1.29, 1.82) is 0 Å². The molecule has 1 aromatic carbocycles. The van der Waals surface area contributed by atoms with Crippen LogP contribution in [0.5, 0.6) is 0 Å². The first-order valence-electron chi connectivity index (χ1n) is 4.67. The van der Waals surface area contributed by atoms with Crippen LogP contribution in [-0.4, -0.2) is 31.7 Å². The molecule has 0 N–H and O–H groups in total. The molecule has 82 valence electrons. The zero-order valence-electron chi connectivity index (χ0n) is 8.87. The average molecular weight is 272 g/mol. The number of nitrogens with zero attached hydrogens (tertiary/aromatic N) is 1. The summed E-state index contributed by atoms with van der Waals surface area (Å²) in [7, 11) is 3.11. The second kappa shape index (κ2) is 5.75. The van der Waals surface area contributed by atoms with E-state index in [1.807, 2.05) is 24.3 Å². The van der Waals surface area contributed by atoms with Gasteiger partial charge >= 0.3 is 6.09 Å². The van der Waals surface area contributed by atoms with Crippen LogP contribution in [0.15, 0.2) is 28.7 Å². The maximum absolute atomic E-state index is 11.1. The fourth-order valence-electron chi connectivity index (χ4n) is 1.24. The summed E-state index contributed by atoms with van der Waals surface area (Å²) in [5, 5.41) is 0. The Labute approximate surface area is 98.2 Å². The van der Waals surface area contributed by atoms with Crippen molar-refractivity contribution in [2.75, 3.05) is 20.7 Å². The van der Waals surface area contributed by atoms with Crippen molar-refractivity contribution < 1.29 is 9.53 Å². The van der Waals surface area contributed by atoms with E-state index < -0.39 is 0 Å². The molecule has 4 heteroatoms. The molecule has 0 aliphatic heterocycles. The number of likely N-dealkylation sites (N-methyl/N-ethyl adjacent to an activating group) is 1. The Balaban J connectivity index is 2.47. The van der Waals surface area contributed by atoms with E-state index in [0.29, 0.717) is 6.54 Å². The summed E-state index contributed by atoms with van der Waals surface area (Å²) in [6.45, 7) is 0.656. The maximum Gasteiger partial charge on any atom is 0.409 e. The first-order chi connectivity index (χ1) is 7.13. The molecule has 3 nitrogen and oxygen atoms in total. The number of carbonyl (C=O) groups excluding carboxylic acids is 1. The molecular formula is C11H14BrNO2. The van der Waals surface area contributed by atoms with Crippen LogP contribution in [0.25, 0.3) is 0 Å². The van der Waals surface area contributed by atoms with E-state index in [4.69, 9.17) is 0 Å². The highest BCUT2D eigenvalue weighted by molar-refractivity contribution is 9.10. The summed E-state index contributed by atoms with van der Waals surface area (Å²) < 4.78 is 5.66. The second-order valence-corrected chi connectivity index (χ2v) is 4.19. The normalized spacial score (nSPS) is 9.80. The third-order valence-corrected chi connectivity index (χ3v) is 2.60. The van der Waals surface area contributed by atoms with Gasteiger partial charge in [-0.1, -0.05) is 28.1 Å². The maximum atomic E-state index is 11.1. The highest BCUT2D eigenvalue weighted by Gasteiger charge is 2.07. The van der Waals surface area contributed by atoms with Crippen LogP contribution in [-0.2, 0) is 11.2 Å². The van der Waals surface area contributed by atoms with E-state index in [1.165, 1.54) is 12.7 Å². The number of hydrogen-bond acceptors (Lipinski definition) is 2. The quantitative estimate of drug-likeness (QED) is 0.846. The molecule has 0 bridgehead atoms. The first-order valence-corrected chi connectivity index (χ1v) is 5.46. The molecule has 0 heterocycles. The van der Waals surface area contributed by atoms with Gasteiger partial charge in [0.25, 0.3) is 0 Å². The molecule has 0 atom stereocenters. The number of carbonyl (C=O) groups is 1. The Morgan fingerprint density at radius 3 is 2.87 bits per heavy atom. The molecule has 0 fully saturated rings. The van der Waals surface area contributed by atoms with E-state index in [0.717, 1.165) is 10.9 Å². The van der Waals surface area contributed by atoms with Crippen LogP contribution in [0, 0.1) is 0 Å². The lowest BCUT2D eigenvalue weighted by atomic mass is 10.1. The first kappa shape index (κ1) is 12.0. The summed E-state index contributed by atoms with van der Waals surface area (Å²) in [6, 6.07) is 8.05. The Morgan fingerprint density at radius 2 is 2.27 bits per heavy atom. The Morgan fingerprint density at radius 1 is 1.53 bits per heavy atom. The lowest BCUT2D eigenvalue weighted by Crippen LogP contribution is -2.28. The number of rotatable bonds is 3. The van der Waals surface area contributed by atoms with Gasteiger partial charge < -0.3 is 9.64 Å². The number of amides is 1. The van der Waals surface area contributed by atoms with E-state index >= 15 is 0 Å². The van der Waals surface area contributed by atoms with Crippen molar-refractivity contribution in [3.63, 3.8) is 0 Å². The van der Waals surface area contributed by atoms with Crippen molar-refractivity contribution in [2.24, 2.45) is 0 Å². The summed E-state index contributed by atoms with van der Waals surface area (Å²) >= 11 is 3.41. The molecule has 0 spiro atoms. The molecule has 0 saturated carbocycles. The Hall–Kier alpha value is -1.03. The van der Waals surface area contributed by atoms with Crippen LogP contribution in [0.3, 0.4) is 0 Å². The van der Waals surface area contributed by atoms with E-state index in [-0.39, 0.29) is 6.09 Å². The van der Waals surface area contributed by atoms with Crippen LogP contribution >= 0.6 is 15.9 Å². The molecule has 0 aromatic heterocycles. The fourth-order valence-corrected chi connectivity index (χ4v) is 1.68. The van der Waals surface area contributed by atoms with E-state index in [1.54, 1.807) is 11.9 Å². The minimum absolute atomic E-state index is 0.301. The van der Waals surface area contributed by atoms with Gasteiger partial charge in [-0.2, -0.15) is 0 Å². The molecule has 1 rings (SSSR count). The number of halogens is 1. The van der Waals surface area contributed by atoms with Gasteiger partial charge in [-0.05, 0) is 24.1 Å². The summed E-state index contributed by atoms with van der Waals surface area (Å²) in [6.07, 6.45) is 0.524. The molecule has 1 aromatic rings. The molecule has 0 aliphatic carbocycles. The van der Waals surface area contributed by atoms with Gasteiger partial charge in [0, 0.05) is 18.1 Å². The second-order valence-electron chi connectivity index (χ2n) is 3.27. The predicted octanol–water partition coefficient (Wildman–Crippen LogP) is 2.69. The zero-order chi connectivity index (χ0) is 11.3. The van der Waals surface area contributed by atoms with E-state index in [9.17, 15) is 4.79 Å². The third kappa shape index (κ3) is 3.91. The van der Waals surface area contributed by atoms with Crippen molar-refractivity contribution in [1.82, 2.24) is 4.90 Å². The number of methoxy groups -OCH3 is 1. The molecule has 1 amide bonds. The molecular weight excluding hydrogens is 258 g/mol. The lowest BCUT2D eigenvalue weighted by Gasteiger charge is -2.15. The highest BCUT2D eigenvalue weighted by Crippen LogP contribution is 2.12. The van der Waals surface area contributed by atoms with Gasteiger partial charge in [-0.3, -0.25) is 0 Å². The molecule has 0 saturated heterocycles. The van der Waals surface area contributed by atoms with Crippen molar-refractivity contribution in [2.45, 2.75) is 6.42 Å². The zero-order valence-corrected chi connectivity index (χ0v) is 10.5. The molecule has 0 aliphatic rings. The fraction of sp³-hybridized carbons (Fsp3) is 0.364. The smallest absolute Gasteiger partial charge is 0.409 e. The van der Waals surface area contributed by atoms with Crippen LogP contribution in [0.4, 0.5) is 4.79 Å². The monoisotopic (exact) mass is 271 g/mol. The summed E-state index contributed by atoms with van der Waals surface area (Å²) in [5.74, 6) is 0. The van der Waals surface area contributed by atoms with Gasteiger partial charge in [-0.25, -0.2) is 4.79 Å². The minimum Gasteiger partial charge on any atom is -0.453 e. The average Bonchev–Trinajstić information content (AvgIpc) is 2.25. The van der Waals surface area contributed by atoms with Crippen LogP contribution in [0.2, 0.25) is 0 Å². The van der Waals surface area contributed by atoms with Crippen LogP contribution in [0.1, 0.15) is 5.56 Å². The largest absolute Gasteiger partial charge is 0.453 e. The Bertz CT molecular complexity index is 341. The molecule has 0 unspecified atom stereocenters. The lowest BCUT2D eigenvalue weighted by molar-refractivity contribution is 0.134. The van der Waals surface area contributed by atoms with Gasteiger partial charge in [-0.15, -0.1) is 0 Å². The highest BCUT2D eigenvalue weighted by atomic mass is 79.9. The Kier molecular flexibility index (Phi) is 4.62. The molecule has 0 radical (unpaired) electrons. The summed E-state index contributed by atoms with van der Waals surface area (Å²) in [4.78, 5) is 12.7. The van der Waals surface area contributed by atoms with Crippen molar-refractivity contribution >= 4 is 22.0 Å². The summed E-state index contributed by atoms with van der Waals surface area (Å²) in [5.41, 5.74) is 1.19.